The van der Waals surface area contributed by atoms with E-state index in [2.05, 4.69) is 0 Å². The summed E-state index contributed by atoms with van der Waals surface area (Å²) in [5.41, 5.74) is 0. The number of ether oxygens (including phenoxy) is 1. The van der Waals surface area contributed by atoms with E-state index in [1.807, 2.05) is 6.07 Å². The van der Waals surface area contributed by atoms with Crippen molar-refractivity contribution in [2.24, 2.45) is 0 Å². The summed E-state index contributed by atoms with van der Waals surface area (Å²) in [6.07, 6.45) is 0. The van der Waals surface area contributed by atoms with Gasteiger partial charge in [-0.05, 0) is 23.6 Å². The molecule has 0 aliphatic heterocycles. The number of benzene rings is 2. The zero-order chi connectivity index (χ0) is 12.4. The van der Waals surface area contributed by atoms with Gasteiger partial charge in [-0.15, -0.1) is 0 Å². The summed E-state index contributed by atoms with van der Waals surface area (Å²) in [5, 5.41) is 19.8. The van der Waals surface area contributed by atoms with Crippen molar-refractivity contribution in [2.45, 2.75) is 0 Å². The minimum absolute atomic E-state index is 0.247. The molecule has 0 saturated heterocycles. The van der Waals surface area contributed by atoms with Crippen LogP contribution >= 0.6 is 11.6 Å². The summed E-state index contributed by atoms with van der Waals surface area (Å²) in [4.78, 5) is 0. The quantitative estimate of drug-likeness (QED) is 0.819. The largest absolute Gasteiger partial charge is 0.707 e. The first-order chi connectivity index (χ1) is 8.11. The highest BCUT2D eigenvalue weighted by Gasteiger charge is 2.16. The molecule has 2 N–H and O–H groups in total. The normalized spacial score (nSPS) is 10.4. The monoisotopic (exact) mass is 252 g/mol. The first kappa shape index (κ1) is 12.0. The lowest BCUT2D eigenvalue weighted by Gasteiger charge is -2.12. The maximum absolute atomic E-state index is 8.80. The molecule has 0 aromatic heterocycles. The highest BCUT2D eigenvalue weighted by atomic mass is 35.5. The standard InChI is InChI=1S/C11H10BClO4/c1-16-11-9-6-8(13)4-2-7(9)3-5-10(11)17-12(14)15/h2-6,14-15H,1H3. The Labute approximate surface area is 104 Å². The van der Waals surface area contributed by atoms with Crippen LogP contribution in [0.4, 0.5) is 0 Å². The molecule has 0 atom stereocenters. The van der Waals surface area contributed by atoms with Crippen LogP contribution in [0.1, 0.15) is 0 Å². The molecule has 4 nitrogen and oxygen atoms in total. The molecule has 0 heterocycles. The number of methoxy groups -OCH3 is 1. The Morgan fingerprint density at radius 3 is 2.53 bits per heavy atom. The second-order valence-electron chi connectivity index (χ2n) is 3.41. The predicted molar refractivity (Wildman–Crippen MR) is 66.3 cm³/mol. The second-order valence-corrected chi connectivity index (χ2v) is 3.84. The highest BCUT2D eigenvalue weighted by molar-refractivity contribution is 6.34. The molecule has 2 aromatic rings. The van der Waals surface area contributed by atoms with Crippen LogP contribution in [0.2, 0.25) is 5.02 Å². The van der Waals surface area contributed by atoms with E-state index >= 15 is 0 Å². The van der Waals surface area contributed by atoms with E-state index in [4.69, 9.17) is 31.0 Å². The number of hydrogen-bond acceptors (Lipinski definition) is 4. The van der Waals surface area contributed by atoms with Crippen LogP contribution in [-0.2, 0) is 0 Å². The minimum atomic E-state index is -1.89. The van der Waals surface area contributed by atoms with Crippen molar-refractivity contribution < 1.29 is 19.4 Å². The van der Waals surface area contributed by atoms with Gasteiger partial charge in [0, 0.05) is 10.4 Å². The summed E-state index contributed by atoms with van der Waals surface area (Å²) >= 11 is 5.91. The lowest BCUT2D eigenvalue weighted by Crippen LogP contribution is -2.20. The van der Waals surface area contributed by atoms with Gasteiger partial charge in [-0.1, -0.05) is 23.7 Å². The fraction of sp³-hybridized carbons (Fsp3) is 0.0909. The smallest absolute Gasteiger partial charge is 0.509 e. The Bertz CT molecular complexity index is 544. The Hall–Kier alpha value is -1.43. The van der Waals surface area contributed by atoms with Crippen LogP contribution in [0.5, 0.6) is 11.5 Å². The molecule has 6 heteroatoms. The fourth-order valence-corrected chi connectivity index (χ4v) is 1.83. The van der Waals surface area contributed by atoms with Crippen molar-refractivity contribution in [1.82, 2.24) is 0 Å². The van der Waals surface area contributed by atoms with Gasteiger partial charge < -0.3 is 19.4 Å². The maximum Gasteiger partial charge on any atom is 0.707 e. The van der Waals surface area contributed by atoms with Gasteiger partial charge in [0.05, 0.1) is 7.11 Å². The van der Waals surface area contributed by atoms with Crippen LogP contribution in [0, 0.1) is 0 Å². The molecule has 0 fully saturated rings. The number of rotatable bonds is 3. The lowest BCUT2D eigenvalue weighted by molar-refractivity contribution is 0.280. The third-order valence-corrected chi connectivity index (χ3v) is 2.57. The van der Waals surface area contributed by atoms with Gasteiger partial charge >= 0.3 is 7.32 Å². The van der Waals surface area contributed by atoms with Crippen LogP contribution in [0.3, 0.4) is 0 Å². The van der Waals surface area contributed by atoms with Crippen molar-refractivity contribution in [3.05, 3.63) is 35.4 Å². The van der Waals surface area contributed by atoms with Crippen LogP contribution in [0.25, 0.3) is 10.8 Å². The third-order valence-electron chi connectivity index (χ3n) is 2.33. The second kappa shape index (κ2) is 4.83. The van der Waals surface area contributed by atoms with Crippen molar-refractivity contribution >= 4 is 29.7 Å². The Morgan fingerprint density at radius 1 is 1.18 bits per heavy atom. The van der Waals surface area contributed by atoms with E-state index in [0.717, 1.165) is 10.8 Å². The van der Waals surface area contributed by atoms with Gasteiger partial charge in [-0.25, -0.2) is 0 Å². The molecule has 0 amide bonds. The zero-order valence-electron chi connectivity index (χ0n) is 9.05. The van der Waals surface area contributed by atoms with E-state index < -0.39 is 7.32 Å². The Morgan fingerprint density at radius 2 is 1.88 bits per heavy atom. The number of hydrogen-bond donors (Lipinski definition) is 2. The maximum atomic E-state index is 8.80. The Kier molecular flexibility index (Phi) is 3.42. The van der Waals surface area contributed by atoms with Crippen LogP contribution < -0.4 is 9.39 Å². The SMILES string of the molecule is COc1c(OB(O)O)ccc2ccc(Cl)cc12. The summed E-state index contributed by atoms with van der Waals surface area (Å²) in [5.74, 6) is 0.662. The van der Waals surface area contributed by atoms with Gasteiger partial charge in [0.2, 0.25) is 0 Å². The van der Waals surface area contributed by atoms with Gasteiger partial charge in [0.25, 0.3) is 0 Å². The van der Waals surface area contributed by atoms with Crippen molar-refractivity contribution in [3.63, 3.8) is 0 Å². The molecule has 2 rings (SSSR count). The number of halogens is 1. The average Bonchev–Trinajstić information content (AvgIpc) is 2.28. The fourth-order valence-electron chi connectivity index (χ4n) is 1.66. The lowest BCUT2D eigenvalue weighted by atomic mass is 10.1. The highest BCUT2D eigenvalue weighted by Crippen LogP contribution is 2.36. The van der Waals surface area contributed by atoms with Gasteiger partial charge in [-0.2, -0.15) is 0 Å². The van der Waals surface area contributed by atoms with E-state index in [1.165, 1.54) is 7.11 Å². The van der Waals surface area contributed by atoms with E-state index in [1.54, 1.807) is 24.3 Å². The van der Waals surface area contributed by atoms with E-state index in [-0.39, 0.29) is 5.75 Å². The molecule has 0 unspecified atom stereocenters. The molecule has 0 aliphatic carbocycles. The Balaban J connectivity index is 2.62. The van der Waals surface area contributed by atoms with Gasteiger partial charge in [-0.3, -0.25) is 0 Å². The topological polar surface area (TPSA) is 58.9 Å². The zero-order valence-corrected chi connectivity index (χ0v) is 9.81. The van der Waals surface area contributed by atoms with Gasteiger partial charge in [0.1, 0.15) is 5.75 Å². The average molecular weight is 252 g/mol. The van der Waals surface area contributed by atoms with Crippen LogP contribution in [-0.4, -0.2) is 24.5 Å². The molecule has 17 heavy (non-hydrogen) atoms. The molecule has 2 aromatic carbocycles. The molecular formula is C11H10BClO4. The first-order valence-corrected chi connectivity index (χ1v) is 5.28. The number of fused-ring (bicyclic) bond motifs is 1. The molecule has 0 radical (unpaired) electrons. The van der Waals surface area contributed by atoms with Crippen molar-refractivity contribution in [1.29, 1.82) is 0 Å². The summed E-state index contributed by atoms with van der Waals surface area (Å²) in [6, 6.07) is 8.73. The predicted octanol–water partition coefficient (Wildman–Crippen LogP) is 1.85. The molecule has 0 saturated carbocycles. The minimum Gasteiger partial charge on any atom is -0.509 e. The van der Waals surface area contributed by atoms with Crippen LogP contribution in [0.15, 0.2) is 30.3 Å². The summed E-state index contributed by atoms with van der Waals surface area (Å²) in [7, 11) is -0.410. The molecule has 0 bridgehead atoms. The summed E-state index contributed by atoms with van der Waals surface area (Å²) < 4.78 is 10.0. The first-order valence-electron chi connectivity index (χ1n) is 4.91. The van der Waals surface area contributed by atoms with E-state index in [9.17, 15) is 0 Å². The van der Waals surface area contributed by atoms with Gasteiger partial charge in [0.15, 0.2) is 5.75 Å². The summed E-state index contributed by atoms with van der Waals surface area (Å²) in [6.45, 7) is 0. The molecule has 0 spiro atoms. The van der Waals surface area contributed by atoms with E-state index in [0.29, 0.717) is 10.8 Å². The molecule has 88 valence electrons. The third kappa shape index (κ3) is 2.47. The van der Waals surface area contributed by atoms with Crippen molar-refractivity contribution in [3.8, 4) is 11.5 Å². The molecular weight excluding hydrogens is 242 g/mol. The van der Waals surface area contributed by atoms with Crippen molar-refractivity contribution in [2.75, 3.05) is 7.11 Å². The molecule has 0 aliphatic rings.